The van der Waals surface area contributed by atoms with Crippen molar-refractivity contribution in [2.24, 2.45) is 17.8 Å². The third kappa shape index (κ3) is 16.0. The second-order valence-electron chi connectivity index (χ2n) is 8.86. The van der Waals surface area contributed by atoms with E-state index in [1.54, 1.807) is 0 Å². The predicted octanol–water partition coefficient (Wildman–Crippen LogP) is 6.71. The molecule has 0 aromatic carbocycles. The van der Waals surface area contributed by atoms with Crippen molar-refractivity contribution in [1.82, 2.24) is 5.32 Å². The van der Waals surface area contributed by atoms with Gasteiger partial charge in [0.05, 0.1) is 6.34 Å². The van der Waals surface area contributed by atoms with Gasteiger partial charge in [-0.15, -0.1) is 11.8 Å². The zero-order valence-corrected chi connectivity index (χ0v) is 19.6. The highest BCUT2D eigenvalue weighted by molar-refractivity contribution is 8.02. The van der Waals surface area contributed by atoms with E-state index in [4.69, 9.17) is 10.5 Å². The van der Waals surface area contributed by atoms with Gasteiger partial charge in [-0.1, -0.05) is 78.2 Å². The van der Waals surface area contributed by atoms with E-state index in [1.807, 2.05) is 0 Å². The first-order valence-corrected chi connectivity index (χ1v) is 12.1. The van der Waals surface area contributed by atoms with Crippen LogP contribution in [0.4, 0.5) is 0 Å². The van der Waals surface area contributed by atoms with Gasteiger partial charge in [0.1, 0.15) is 6.04 Å². The number of allylic oxidation sites excluding steroid dienone is 1. The minimum absolute atomic E-state index is 0.438. The molecule has 0 aliphatic rings. The molecule has 164 valence electrons. The predicted molar refractivity (Wildman–Crippen MR) is 124 cm³/mol. The molecule has 0 rings (SSSR count). The summed E-state index contributed by atoms with van der Waals surface area (Å²) in [5.74, 6) is 2.01. The Labute approximate surface area is 177 Å². The summed E-state index contributed by atoms with van der Waals surface area (Å²) in [5, 5.41) is 20.6. The Bertz CT molecular complexity index is 452. The highest BCUT2D eigenvalue weighted by Crippen LogP contribution is 2.22. The van der Waals surface area contributed by atoms with E-state index in [1.165, 1.54) is 68.7 Å². The van der Waals surface area contributed by atoms with Crippen LogP contribution in [0.15, 0.2) is 11.0 Å². The fraction of sp³-hybridized carbons (Fsp3) is 0.826. The van der Waals surface area contributed by atoms with Crippen molar-refractivity contribution in [3.05, 3.63) is 11.0 Å². The summed E-state index contributed by atoms with van der Waals surface area (Å²) < 4.78 is 0. The minimum atomic E-state index is -0.912. The van der Waals surface area contributed by atoms with Gasteiger partial charge in [-0.2, -0.15) is 0 Å². The molecule has 0 spiro atoms. The van der Waals surface area contributed by atoms with Crippen LogP contribution in [0.25, 0.3) is 0 Å². The third-order valence-corrected chi connectivity index (χ3v) is 6.37. The van der Waals surface area contributed by atoms with Crippen LogP contribution in [0.5, 0.6) is 0 Å². The summed E-state index contributed by atoms with van der Waals surface area (Å²) in [6, 6.07) is -0.695. The number of carboxylic acids is 1. The monoisotopic (exact) mass is 412 g/mol. The van der Waals surface area contributed by atoms with E-state index in [2.05, 4.69) is 45.3 Å². The van der Waals surface area contributed by atoms with Crippen LogP contribution in [0.3, 0.4) is 0 Å². The molecule has 0 aliphatic heterocycles. The van der Waals surface area contributed by atoms with E-state index < -0.39 is 12.0 Å². The third-order valence-electron chi connectivity index (χ3n) is 5.27. The lowest BCUT2D eigenvalue weighted by Gasteiger charge is -2.15. The van der Waals surface area contributed by atoms with Crippen LogP contribution in [-0.2, 0) is 4.79 Å². The van der Waals surface area contributed by atoms with Crippen molar-refractivity contribution in [2.45, 2.75) is 98.4 Å². The average Bonchev–Trinajstić information content (AvgIpc) is 2.60. The van der Waals surface area contributed by atoms with Gasteiger partial charge in [-0.3, -0.25) is 5.41 Å². The van der Waals surface area contributed by atoms with Crippen LogP contribution in [0.1, 0.15) is 92.4 Å². The highest BCUT2D eigenvalue weighted by atomic mass is 32.2. The van der Waals surface area contributed by atoms with E-state index in [9.17, 15) is 4.79 Å². The standard InChI is InChI=1S/C23H44N2O2S/c1-18(2)9-6-10-19(3)11-7-12-20(4)13-8-14-21(5)15-28-16-22(23(26)27)25-17-24/h15,17-20,22H,6-14,16H2,1-5H3,(H2,24,25)(H,26,27). The first kappa shape index (κ1) is 27.0. The first-order valence-electron chi connectivity index (χ1n) is 11.0. The van der Waals surface area contributed by atoms with Crippen LogP contribution >= 0.6 is 11.8 Å². The topological polar surface area (TPSA) is 73.2 Å². The van der Waals surface area contributed by atoms with Crippen LogP contribution in [-0.4, -0.2) is 29.2 Å². The van der Waals surface area contributed by atoms with Crippen LogP contribution < -0.4 is 5.32 Å². The Morgan fingerprint density at radius 2 is 1.54 bits per heavy atom. The molecule has 4 nitrogen and oxygen atoms in total. The molecule has 0 aromatic heterocycles. The Kier molecular flexibility index (Phi) is 16.4. The summed E-state index contributed by atoms with van der Waals surface area (Å²) in [5.41, 5.74) is 1.31. The van der Waals surface area contributed by atoms with Gasteiger partial charge in [0.15, 0.2) is 0 Å². The number of thioether (sulfide) groups is 1. The summed E-state index contributed by atoms with van der Waals surface area (Å²) in [4.78, 5) is 11.0. The average molecular weight is 413 g/mol. The Balaban J connectivity index is 3.82. The molecule has 0 radical (unpaired) electrons. The van der Waals surface area contributed by atoms with Crippen molar-refractivity contribution < 1.29 is 9.90 Å². The number of carboxylic acid groups (broad SMARTS) is 1. The molecule has 3 N–H and O–H groups in total. The fourth-order valence-electron chi connectivity index (χ4n) is 3.34. The van der Waals surface area contributed by atoms with E-state index in [0.29, 0.717) is 5.75 Å². The van der Waals surface area contributed by atoms with Crippen molar-refractivity contribution >= 4 is 24.1 Å². The largest absolute Gasteiger partial charge is 0.480 e. The molecule has 28 heavy (non-hydrogen) atoms. The maximum Gasteiger partial charge on any atom is 0.327 e. The number of carbonyl (C=O) groups is 1. The normalized spacial score (nSPS) is 15.3. The molecular formula is C23H44N2O2S. The van der Waals surface area contributed by atoms with Crippen LogP contribution in [0.2, 0.25) is 0 Å². The Morgan fingerprint density at radius 3 is 2.04 bits per heavy atom. The van der Waals surface area contributed by atoms with E-state index in [-0.39, 0.29) is 0 Å². The van der Waals surface area contributed by atoms with Gasteiger partial charge < -0.3 is 10.4 Å². The summed E-state index contributed by atoms with van der Waals surface area (Å²) in [6.07, 6.45) is 12.7. The molecule has 0 saturated carbocycles. The van der Waals surface area contributed by atoms with Crippen molar-refractivity contribution in [3.63, 3.8) is 0 Å². The highest BCUT2D eigenvalue weighted by Gasteiger charge is 2.14. The molecule has 3 atom stereocenters. The lowest BCUT2D eigenvalue weighted by Crippen LogP contribution is -2.37. The number of rotatable bonds is 18. The maximum atomic E-state index is 11.0. The van der Waals surface area contributed by atoms with Crippen molar-refractivity contribution in [2.75, 3.05) is 5.75 Å². The summed E-state index contributed by atoms with van der Waals surface area (Å²) >= 11 is 1.51. The smallest absolute Gasteiger partial charge is 0.327 e. The zero-order chi connectivity index (χ0) is 21.4. The maximum absolute atomic E-state index is 11.0. The molecule has 5 heteroatoms. The molecule has 0 aromatic rings. The quantitative estimate of drug-likeness (QED) is 0.173. The Hall–Kier alpha value is -0.970. The first-order chi connectivity index (χ1) is 13.3. The molecule has 0 fully saturated rings. The summed E-state index contributed by atoms with van der Waals surface area (Å²) in [6.45, 7) is 11.5. The Morgan fingerprint density at radius 1 is 1.00 bits per heavy atom. The second-order valence-corrected chi connectivity index (χ2v) is 9.76. The lowest BCUT2D eigenvalue weighted by atomic mass is 9.91. The molecular weight excluding hydrogens is 368 g/mol. The number of hydrogen-bond acceptors (Lipinski definition) is 3. The van der Waals surface area contributed by atoms with Gasteiger partial charge in [-0.05, 0) is 42.9 Å². The van der Waals surface area contributed by atoms with Crippen molar-refractivity contribution in [1.29, 1.82) is 5.41 Å². The molecule has 0 heterocycles. The number of nitrogens with one attached hydrogen (secondary N) is 2. The number of aliphatic carboxylic acids is 1. The van der Waals surface area contributed by atoms with E-state index >= 15 is 0 Å². The second kappa shape index (κ2) is 16.9. The van der Waals surface area contributed by atoms with Gasteiger partial charge in [0, 0.05) is 5.75 Å². The van der Waals surface area contributed by atoms with Crippen LogP contribution in [0, 0.1) is 23.2 Å². The molecule has 3 unspecified atom stereocenters. The van der Waals surface area contributed by atoms with Gasteiger partial charge in [0.25, 0.3) is 0 Å². The van der Waals surface area contributed by atoms with Crippen molar-refractivity contribution in [3.8, 4) is 0 Å². The fourth-order valence-corrected chi connectivity index (χ4v) is 4.27. The van der Waals surface area contributed by atoms with Gasteiger partial charge in [-0.25, -0.2) is 4.79 Å². The van der Waals surface area contributed by atoms with Gasteiger partial charge in [0.2, 0.25) is 0 Å². The summed E-state index contributed by atoms with van der Waals surface area (Å²) in [7, 11) is 0. The van der Waals surface area contributed by atoms with Gasteiger partial charge >= 0.3 is 5.97 Å². The zero-order valence-electron chi connectivity index (χ0n) is 18.8. The molecule has 0 saturated heterocycles. The molecule has 0 amide bonds. The minimum Gasteiger partial charge on any atom is -0.480 e. The molecule has 0 bridgehead atoms. The lowest BCUT2D eigenvalue weighted by molar-refractivity contribution is -0.138. The van der Waals surface area contributed by atoms with E-state index in [0.717, 1.165) is 30.5 Å². The molecule has 0 aliphatic carbocycles. The SMILES string of the molecule is CC(=CSCC(NC=N)C(=O)O)CCCC(C)CCCC(C)CCCC(C)C. The number of hydrogen-bond donors (Lipinski definition) is 3.